The molecule has 3 aromatic rings. The third-order valence-electron chi connectivity index (χ3n) is 6.58. The second-order valence-corrected chi connectivity index (χ2v) is 9.24. The number of morpholine rings is 1. The minimum Gasteiger partial charge on any atom is -0.378 e. The van der Waals surface area contributed by atoms with Crippen molar-refractivity contribution in [3.8, 4) is 11.3 Å². The Morgan fingerprint density at radius 2 is 1.78 bits per heavy atom. The highest BCUT2D eigenvalue weighted by Crippen LogP contribution is 2.36. The van der Waals surface area contributed by atoms with Crippen LogP contribution in [0.4, 0.5) is 32.0 Å². The largest absolute Gasteiger partial charge is 0.493 e. The van der Waals surface area contributed by atoms with Gasteiger partial charge in [-0.25, -0.2) is 4.79 Å². The van der Waals surface area contributed by atoms with Crippen molar-refractivity contribution >= 4 is 29.7 Å². The quantitative estimate of drug-likeness (QED) is 0.451. The van der Waals surface area contributed by atoms with Crippen LogP contribution in [-0.4, -0.2) is 60.6 Å². The molecule has 0 radical (unpaired) electrons. The number of carbonyl (C=O) groups excluding carboxylic acids is 2. The van der Waals surface area contributed by atoms with E-state index >= 15 is 0 Å². The Hall–Kier alpha value is -4.33. The summed E-state index contributed by atoms with van der Waals surface area (Å²) in [6.07, 6.45) is -5.97. The summed E-state index contributed by atoms with van der Waals surface area (Å²) >= 11 is 0. The smallest absolute Gasteiger partial charge is 0.378 e. The molecule has 2 aliphatic heterocycles. The standard InChI is InChI=1S/C27H22F6N4O4/c28-26(29,30)21-14-19(36-9-11-40-12-10-36)4-2-16(21)1-3-18-13-17(5-7-34-18)23-15-20-22(6-8-35-24(20)38)37(23)41-25(39)27(31,32)33/h1-5,7,13-15H,6,8-12H2,(H,35,38). The summed E-state index contributed by atoms with van der Waals surface area (Å²) in [5, 5.41) is 2.57. The van der Waals surface area contributed by atoms with E-state index in [2.05, 4.69) is 15.1 Å². The Balaban J connectivity index is 1.49. The summed E-state index contributed by atoms with van der Waals surface area (Å²) in [5.41, 5.74) is -0.0825. The van der Waals surface area contributed by atoms with E-state index in [4.69, 9.17) is 4.74 Å². The molecule has 0 atom stereocenters. The lowest BCUT2D eigenvalue weighted by molar-refractivity contribution is -0.199. The maximum atomic E-state index is 13.9. The predicted molar refractivity (Wildman–Crippen MR) is 135 cm³/mol. The number of alkyl halides is 6. The van der Waals surface area contributed by atoms with Crippen molar-refractivity contribution in [3.05, 3.63) is 70.7 Å². The van der Waals surface area contributed by atoms with E-state index in [1.165, 1.54) is 42.6 Å². The summed E-state index contributed by atoms with van der Waals surface area (Å²) in [6, 6.07) is 8.09. The van der Waals surface area contributed by atoms with Gasteiger partial charge in [0.2, 0.25) is 0 Å². The molecule has 14 heteroatoms. The first-order chi connectivity index (χ1) is 19.4. The van der Waals surface area contributed by atoms with Crippen LogP contribution in [0.5, 0.6) is 0 Å². The van der Waals surface area contributed by atoms with E-state index in [9.17, 15) is 35.9 Å². The van der Waals surface area contributed by atoms with E-state index in [1.54, 1.807) is 11.0 Å². The van der Waals surface area contributed by atoms with Crippen molar-refractivity contribution in [1.82, 2.24) is 15.0 Å². The van der Waals surface area contributed by atoms with Crippen LogP contribution in [-0.2, 0) is 22.1 Å². The summed E-state index contributed by atoms with van der Waals surface area (Å²) < 4.78 is 86.7. The van der Waals surface area contributed by atoms with Gasteiger partial charge in [-0.1, -0.05) is 12.1 Å². The first kappa shape index (κ1) is 28.2. The Labute approximate surface area is 229 Å². The third-order valence-corrected chi connectivity index (χ3v) is 6.58. The monoisotopic (exact) mass is 580 g/mol. The number of nitrogens with one attached hydrogen (secondary N) is 1. The average molecular weight is 580 g/mol. The van der Waals surface area contributed by atoms with E-state index in [-0.39, 0.29) is 46.7 Å². The van der Waals surface area contributed by atoms with Crippen molar-refractivity contribution in [1.29, 1.82) is 0 Å². The SMILES string of the molecule is O=C1NCCc2c1cc(-c1ccnc(C=Cc3ccc(N4CCOCC4)cc3C(F)(F)F)c1)n2OC(=O)C(F)(F)F. The molecule has 1 amide bonds. The number of pyridine rings is 1. The van der Waals surface area contributed by atoms with E-state index < -0.39 is 29.8 Å². The molecule has 0 unspecified atom stereocenters. The highest BCUT2D eigenvalue weighted by molar-refractivity contribution is 5.98. The average Bonchev–Trinajstić information content (AvgIpc) is 3.31. The second kappa shape index (κ2) is 10.9. The van der Waals surface area contributed by atoms with Crippen LogP contribution in [0.15, 0.2) is 42.6 Å². The molecule has 1 fully saturated rings. The number of benzene rings is 1. The molecule has 2 aliphatic rings. The lowest BCUT2D eigenvalue weighted by Crippen LogP contribution is -2.37. The molecule has 4 heterocycles. The predicted octanol–water partition coefficient (Wildman–Crippen LogP) is 4.38. The Bertz CT molecular complexity index is 1510. The molecule has 0 saturated carbocycles. The minimum atomic E-state index is -5.29. The van der Waals surface area contributed by atoms with Crippen molar-refractivity contribution in [3.63, 3.8) is 0 Å². The molecule has 8 nitrogen and oxygen atoms in total. The fourth-order valence-electron chi connectivity index (χ4n) is 4.62. The number of nitrogens with zero attached hydrogens (tertiary/aromatic N) is 3. The summed E-state index contributed by atoms with van der Waals surface area (Å²) in [6.45, 7) is 1.88. The maximum Gasteiger partial charge on any atom is 0.493 e. The maximum absolute atomic E-state index is 13.9. The number of aromatic nitrogens is 2. The van der Waals surface area contributed by atoms with Gasteiger partial charge in [0, 0.05) is 43.5 Å². The molecule has 2 aromatic heterocycles. The summed E-state index contributed by atoms with van der Waals surface area (Å²) in [5.74, 6) is -3.03. The van der Waals surface area contributed by atoms with Gasteiger partial charge in [-0.15, -0.1) is 0 Å². The lowest BCUT2D eigenvalue weighted by atomic mass is 10.0. The van der Waals surface area contributed by atoms with Crippen LogP contribution in [0.1, 0.15) is 32.9 Å². The molecule has 0 aliphatic carbocycles. The number of amides is 1. The number of fused-ring (bicyclic) bond motifs is 1. The van der Waals surface area contributed by atoms with Gasteiger partial charge < -0.3 is 19.8 Å². The van der Waals surface area contributed by atoms with E-state index in [0.29, 0.717) is 36.7 Å². The van der Waals surface area contributed by atoms with Gasteiger partial charge in [0.25, 0.3) is 5.91 Å². The van der Waals surface area contributed by atoms with Crippen LogP contribution >= 0.6 is 0 Å². The highest BCUT2D eigenvalue weighted by Gasteiger charge is 2.43. The first-order valence-electron chi connectivity index (χ1n) is 12.4. The van der Waals surface area contributed by atoms with Gasteiger partial charge in [-0.3, -0.25) is 9.78 Å². The number of halogens is 6. The Kier molecular flexibility index (Phi) is 7.51. The number of hydrogen-bond acceptors (Lipinski definition) is 6. The fourth-order valence-corrected chi connectivity index (χ4v) is 4.62. The van der Waals surface area contributed by atoms with Gasteiger partial charge in [-0.2, -0.15) is 31.1 Å². The van der Waals surface area contributed by atoms with Gasteiger partial charge in [-0.05, 0) is 42.0 Å². The highest BCUT2D eigenvalue weighted by atomic mass is 19.4. The molecule has 41 heavy (non-hydrogen) atoms. The summed E-state index contributed by atoms with van der Waals surface area (Å²) in [7, 11) is 0. The molecule has 0 bridgehead atoms. The number of carbonyl (C=O) groups is 2. The molecule has 5 rings (SSSR count). The minimum absolute atomic E-state index is 0.0327. The number of anilines is 1. The Morgan fingerprint density at radius 3 is 2.49 bits per heavy atom. The lowest BCUT2D eigenvalue weighted by Gasteiger charge is -2.29. The molecule has 1 N–H and O–H groups in total. The first-order valence-corrected chi connectivity index (χ1v) is 12.4. The number of rotatable bonds is 5. The zero-order chi connectivity index (χ0) is 29.4. The fraction of sp³-hybridized carbons (Fsp3) is 0.296. The van der Waals surface area contributed by atoms with Crippen LogP contribution in [0.3, 0.4) is 0 Å². The van der Waals surface area contributed by atoms with Gasteiger partial charge >= 0.3 is 18.3 Å². The zero-order valence-corrected chi connectivity index (χ0v) is 21.2. The molecular weight excluding hydrogens is 558 g/mol. The summed E-state index contributed by atoms with van der Waals surface area (Å²) in [4.78, 5) is 34.5. The van der Waals surface area contributed by atoms with Crippen molar-refractivity contribution in [2.45, 2.75) is 18.8 Å². The van der Waals surface area contributed by atoms with Crippen LogP contribution in [0, 0.1) is 0 Å². The molecule has 1 aromatic carbocycles. The molecule has 1 saturated heterocycles. The van der Waals surface area contributed by atoms with E-state index in [0.717, 1.165) is 6.07 Å². The van der Waals surface area contributed by atoms with Crippen molar-refractivity contribution in [2.75, 3.05) is 37.7 Å². The van der Waals surface area contributed by atoms with Crippen LogP contribution in [0.2, 0.25) is 0 Å². The third kappa shape index (κ3) is 6.06. The van der Waals surface area contributed by atoms with Gasteiger partial charge in [0.1, 0.15) is 0 Å². The number of ether oxygens (including phenoxy) is 1. The molecular formula is C27H22F6N4O4. The van der Waals surface area contributed by atoms with Gasteiger partial charge in [0.05, 0.1) is 41.4 Å². The Morgan fingerprint density at radius 1 is 1.02 bits per heavy atom. The molecule has 216 valence electrons. The van der Waals surface area contributed by atoms with Gasteiger partial charge in [0.15, 0.2) is 0 Å². The second-order valence-electron chi connectivity index (χ2n) is 9.24. The number of hydrogen-bond donors (Lipinski definition) is 1. The zero-order valence-electron chi connectivity index (χ0n) is 21.2. The topological polar surface area (TPSA) is 85.7 Å². The van der Waals surface area contributed by atoms with Crippen LogP contribution in [0.25, 0.3) is 23.4 Å². The van der Waals surface area contributed by atoms with Crippen LogP contribution < -0.4 is 15.1 Å². The molecule has 0 spiro atoms. The van der Waals surface area contributed by atoms with E-state index in [1.807, 2.05) is 0 Å². The van der Waals surface area contributed by atoms with Crippen molar-refractivity contribution < 1.29 is 45.5 Å². The van der Waals surface area contributed by atoms with Crippen molar-refractivity contribution in [2.24, 2.45) is 0 Å². The normalized spacial score (nSPS) is 16.0.